The van der Waals surface area contributed by atoms with Crippen LogP contribution in [0.25, 0.3) is 0 Å². The molecule has 0 saturated carbocycles. The number of aryl methyl sites for hydroxylation is 2. The number of benzene rings is 4. The van der Waals surface area contributed by atoms with E-state index in [0.717, 1.165) is 11.4 Å². The lowest BCUT2D eigenvalue weighted by Crippen LogP contribution is -2.14. The van der Waals surface area contributed by atoms with Gasteiger partial charge in [0.15, 0.2) is 0 Å². The molecule has 4 aromatic carbocycles. The van der Waals surface area contributed by atoms with Crippen molar-refractivity contribution in [1.82, 2.24) is 0 Å². The molecule has 0 aliphatic rings. The van der Waals surface area contributed by atoms with Crippen LogP contribution in [-0.4, -0.2) is 0 Å². The zero-order chi connectivity index (χ0) is 20.9. The van der Waals surface area contributed by atoms with Crippen molar-refractivity contribution < 1.29 is 0 Å². The summed E-state index contributed by atoms with van der Waals surface area (Å²) in [5.41, 5.74) is 7.12. The van der Waals surface area contributed by atoms with E-state index in [4.69, 9.17) is 0 Å². The van der Waals surface area contributed by atoms with E-state index in [9.17, 15) is 0 Å². The maximum atomic E-state index is 3.66. The summed E-state index contributed by atoms with van der Waals surface area (Å²) in [6.07, 6.45) is 0. The fraction of sp³-hybridized carbons (Fsp3) is 0.0769. The summed E-state index contributed by atoms with van der Waals surface area (Å²) in [5, 5.41) is 6.17. The third kappa shape index (κ3) is 4.73. The van der Waals surface area contributed by atoms with Gasteiger partial charge in [-0.15, -0.1) is 9.24 Å². The predicted octanol–water partition coefficient (Wildman–Crippen LogP) is 6.60. The second-order valence-electron chi connectivity index (χ2n) is 7.31. The van der Waals surface area contributed by atoms with Gasteiger partial charge in [0.2, 0.25) is 0 Å². The molecule has 0 radical (unpaired) electrons. The lowest BCUT2D eigenvalue weighted by atomic mass is 10.1. The van der Waals surface area contributed by atoms with E-state index >= 15 is 0 Å². The van der Waals surface area contributed by atoms with Crippen molar-refractivity contribution in [2.24, 2.45) is 0 Å². The lowest BCUT2D eigenvalue weighted by Gasteiger charge is -2.29. The largest absolute Gasteiger partial charge is 0.354 e. The van der Waals surface area contributed by atoms with Crippen LogP contribution < -0.4 is 20.6 Å². The summed E-state index contributed by atoms with van der Waals surface area (Å²) in [5.74, 6) is 0. The quantitative estimate of drug-likeness (QED) is 0.348. The van der Waals surface area contributed by atoms with Crippen molar-refractivity contribution >= 4 is 51.3 Å². The molecule has 2 atom stereocenters. The monoisotopic (exact) mass is 428 g/mol. The lowest BCUT2D eigenvalue weighted by molar-refractivity contribution is 1.35. The van der Waals surface area contributed by atoms with Crippen LogP contribution in [0.4, 0.5) is 22.7 Å². The van der Waals surface area contributed by atoms with E-state index < -0.39 is 0 Å². The van der Waals surface area contributed by atoms with Gasteiger partial charge in [-0.25, -0.2) is 0 Å². The number of anilines is 4. The molecule has 0 aliphatic carbocycles. The molecule has 0 bridgehead atoms. The van der Waals surface area contributed by atoms with Crippen molar-refractivity contribution in [2.75, 3.05) is 9.99 Å². The zero-order valence-electron chi connectivity index (χ0n) is 17.3. The van der Waals surface area contributed by atoms with Crippen LogP contribution in [0.1, 0.15) is 11.1 Å². The van der Waals surface area contributed by atoms with Crippen molar-refractivity contribution in [3.8, 4) is 0 Å². The van der Waals surface area contributed by atoms with Gasteiger partial charge in [0.05, 0.1) is 11.4 Å². The highest BCUT2D eigenvalue weighted by molar-refractivity contribution is 7.49. The van der Waals surface area contributed by atoms with Gasteiger partial charge >= 0.3 is 0 Å². The predicted molar refractivity (Wildman–Crippen MR) is 138 cm³/mol. The Hall–Kier alpha value is -2.66. The van der Waals surface area contributed by atoms with Gasteiger partial charge in [-0.1, -0.05) is 72.8 Å². The molecular weight excluding hydrogens is 402 g/mol. The molecule has 150 valence electrons. The third-order valence-corrected chi connectivity index (χ3v) is 6.75. The minimum atomic E-state index is 0.482. The Morgan fingerprint density at radius 2 is 1.20 bits per heavy atom. The van der Waals surface area contributed by atoms with Gasteiger partial charge < -0.3 is 9.99 Å². The SMILES string of the molecule is Cc1ccccc1Nc1ccccc1N(Pc1ccc(P)cc1)c1ccccc1C. The number of nitrogens with zero attached hydrogens (tertiary/aromatic N) is 1. The second-order valence-corrected chi connectivity index (χ2v) is 9.23. The van der Waals surface area contributed by atoms with Crippen molar-refractivity contribution in [2.45, 2.75) is 13.8 Å². The average Bonchev–Trinajstić information content (AvgIpc) is 2.76. The van der Waals surface area contributed by atoms with E-state index in [1.807, 2.05) is 0 Å². The second kappa shape index (κ2) is 9.43. The van der Waals surface area contributed by atoms with Crippen LogP contribution in [0, 0.1) is 13.8 Å². The number of para-hydroxylation sites is 4. The van der Waals surface area contributed by atoms with E-state index in [2.05, 4.69) is 130 Å². The molecule has 0 amide bonds. The molecule has 4 rings (SSSR count). The molecule has 4 heteroatoms. The Morgan fingerprint density at radius 3 is 1.87 bits per heavy atom. The van der Waals surface area contributed by atoms with Crippen molar-refractivity contribution in [1.29, 1.82) is 0 Å². The minimum absolute atomic E-state index is 0.482. The fourth-order valence-electron chi connectivity index (χ4n) is 3.38. The zero-order valence-corrected chi connectivity index (χ0v) is 19.4. The van der Waals surface area contributed by atoms with Crippen LogP contribution in [-0.2, 0) is 0 Å². The third-order valence-electron chi connectivity index (χ3n) is 5.07. The van der Waals surface area contributed by atoms with Crippen LogP contribution in [0.2, 0.25) is 0 Å². The minimum Gasteiger partial charge on any atom is -0.354 e. The summed E-state index contributed by atoms with van der Waals surface area (Å²) >= 11 is 0. The highest BCUT2D eigenvalue weighted by Gasteiger charge is 2.16. The first-order valence-electron chi connectivity index (χ1n) is 10.0. The van der Waals surface area contributed by atoms with Crippen molar-refractivity contribution in [3.05, 3.63) is 108 Å². The topological polar surface area (TPSA) is 15.3 Å². The van der Waals surface area contributed by atoms with Gasteiger partial charge in [0.1, 0.15) is 0 Å². The molecule has 0 spiro atoms. The Balaban J connectivity index is 1.78. The number of hydrogen-bond acceptors (Lipinski definition) is 2. The molecule has 4 aromatic rings. The molecular formula is C26H26N2P2. The number of nitrogens with one attached hydrogen (secondary N) is 1. The maximum Gasteiger partial charge on any atom is 0.0684 e. The maximum absolute atomic E-state index is 3.66. The van der Waals surface area contributed by atoms with E-state index in [0.29, 0.717) is 8.73 Å². The summed E-state index contributed by atoms with van der Waals surface area (Å²) in [6.45, 7) is 4.31. The fourth-order valence-corrected chi connectivity index (χ4v) is 4.84. The highest BCUT2D eigenvalue weighted by atomic mass is 31.1. The summed E-state index contributed by atoms with van der Waals surface area (Å²) in [6, 6.07) is 34.3. The summed E-state index contributed by atoms with van der Waals surface area (Å²) < 4.78 is 2.42. The van der Waals surface area contributed by atoms with E-state index in [1.54, 1.807) is 0 Å². The summed E-state index contributed by atoms with van der Waals surface area (Å²) in [4.78, 5) is 0. The van der Waals surface area contributed by atoms with Gasteiger partial charge in [0, 0.05) is 20.1 Å². The molecule has 2 nitrogen and oxygen atoms in total. The highest BCUT2D eigenvalue weighted by Crippen LogP contribution is 2.42. The van der Waals surface area contributed by atoms with Gasteiger partial charge in [-0.3, -0.25) is 0 Å². The van der Waals surface area contributed by atoms with Crippen LogP contribution in [0.5, 0.6) is 0 Å². The molecule has 0 aromatic heterocycles. The van der Waals surface area contributed by atoms with Gasteiger partial charge in [-0.2, -0.15) is 0 Å². The Labute approximate surface area is 183 Å². The Kier molecular flexibility index (Phi) is 6.48. The van der Waals surface area contributed by atoms with E-state index in [-0.39, 0.29) is 0 Å². The molecule has 0 heterocycles. The first-order valence-corrected chi connectivity index (χ1v) is 11.5. The smallest absolute Gasteiger partial charge is 0.0684 e. The van der Waals surface area contributed by atoms with Gasteiger partial charge in [0.25, 0.3) is 0 Å². The standard InChI is InChI=1S/C26H26N2P2/c1-19-9-3-5-11-23(19)27-24-12-6-8-14-26(24)28(25-13-7-4-10-20(25)2)30-22-17-15-21(29)16-18-22/h3-18,27,30H,29H2,1-2H3. The Morgan fingerprint density at radius 1 is 0.633 bits per heavy atom. The van der Waals surface area contributed by atoms with Gasteiger partial charge in [-0.05, 0) is 59.8 Å². The molecule has 0 aliphatic heterocycles. The first kappa shape index (κ1) is 20.6. The molecule has 1 N–H and O–H groups in total. The molecule has 2 unspecified atom stereocenters. The molecule has 0 saturated heterocycles. The Bertz CT molecular complexity index is 1140. The normalized spacial score (nSPS) is 11.0. The summed E-state index contributed by atoms with van der Waals surface area (Å²) in [7, 11) is 3.24. The molecule has 0 fully saturated rings. The average molecular weight is 428 g/mol. The van der Waals surface area contributed by atoms with Crippen molar-refractivity contribution in [3.63, 3.8) is 0 Å². The van der Waals surface area contributed by atoms with Crippen LogP contribution in [0.15, 0.2) is 97.1 Å². The first-order chi connectivity index (χ1) is 14.6. The number of hydrogen-bond donors (Lipinski definition) is 1. The van der Waals surface area contributed by atoms with Crippen LogP contribution >= 0.6 is 18.0 Å². The van der Waals surface area contributed by atoms with E-state index in [1.165, 1.54) is 33.1 Å². The number of rotatable bonds is 6. The molecule has 30 heavy (non-hydrogen) atoms. The van der Waals surface area contributed by atoms with Crippen LogP contribution in [0.3, 0.4) is 0 Å².